The van der Waals surface area contributed by atoms with Crippen molar-refractivity contribution in [3.63, 3.8) is 0 Å². The van der Waals surface area contributed by atoms with Gasteiger partial charge in [0.2, 0.25) is 0 Å². The number of methoxy groups -OCH3 is 2. The quantitative estimate of drug-likeness (QED) is 0.592. The van der Waals surface area contributed by atoms with Gasteiger partial charge in [-0.2, -0.15) is 0 Å². The predicted octanol–water partition coefficient (Wildman–Crippen LogP) is 6.43. The molecule has 0 N–H and O–H groups in total. The molecule has 2 aromatic carbocycles. The molecule has 0 spiro atoms. The SMILES string of the molecule is COc1ccc(F)c(-c2ccc(CC(C)C)cc2C(OC)C(C)(C)C)c1. The molecule has 0 aromatic heterocycles. The van der Waals surface area contributed by atoms with E-state index in [-0.39, 0.29) is 17.3 Å². The first-order valence-electron chi connectivity index (χ1n) is 9.17. The smallest absolute Gasteiger partial charge is 0.131 e. The van der Waals surface area contributed by atoms with Gasteiger partial charge in [-0.05, 0) is 52.6 Å². The van der Waals surface area contributed by atoms with Crippen LogP contribution in [0.5, 0.6) is 5.75 Å². The lowest BCUT2D eigenvalue weighted by Crippen LogP contribution is -2.21. The van der Waals surface area contributed by atoms with Crippen LogP contribution in [-0.2, 0) is 11.2 Å². The summed E-state index contributed by atoms with van der Waals surface area (Å²) in [5.41, 5.74) is 3.55. The molecule has 26 heavy (non-hydrogen) atoms. The van der Waals surface area contributed by atoms with Gasteiger partial charge in [-0.15, -0.1) is 0 Å². The first kappa shape index (κ1) is 20.4. The number of halogens is 1. The van der Waals surface area contributed by atoms with E-state index in [4.69, 9.17) is 9.47 Å². The molecule has 0 radical (unpaired) electrons. The van der Waals surface area contributed by atoms with E-state index in [1.54, 1.807) is 26.4 Å². The van der Waals surface area contributed by atoms with Crippen LogP contribution in [0.2, 0.25) is 0 Å². The summed E-state index contributed by atoms with van der Waals surface area (Å²) in [5.74, 6) is 0.939. The van der Waals surface area contributed by atoms with Gasteiger partial charge in [-0.25, -0.2) is 4.39 Å². The van der Waals surface area contributed by atoms with E-state index < -0.39 is 0 Å². The zero-order valence-corrected chi connectivity index (χ0v) is 17.0. The Hall–Kier alpha value is -1.87. The Morgan fingerprint density at radius 3 is 2.19 bits per heavy atom. The van der Waals surface area contributed by atoms with Crippen LogP contribution < -0.4 is 4.74 Å². The minimum Gasteiger partial charge on any atom is -0.497 e. The number of benzene rings is 2. The summed E-state index contributed by atoms with van der Waals surface area (Å²) in [5, 5.41) is 0. The monoisotopic (exact) mass is 358 g/mol. The Labute approximate surface area is 157 Å². The molecule has 0 amide bonds. The van der Waals surface area contributed by atoms with Crippen molar-refractivity contribution in [1.82, 2.24) is 0 Å². The molecule has 0 aliphatic rings. The summed E-state index contributed by atoms with van der Waals surface area (Å²) < 4.78 is 25.8. The number of hydrogen-bond acceptors (Lipinski definition) is 2. The lowest BCUT2D eigenvalue weighted by molar-refractivity contribution is 0.0155. The normalized spacial score (nSPS) is 13.1. The topological polar surface area (TPSA) is 18.5 Å². The van der Waals surface area contributed by atoms with Gasteiger partial charge in [0, 0.05) is 12.7 Å². The molecular formula is C23H31FO2. The molecular weight excluding hydrogens is 327 g/mol. The second-order valence-corrected chi connectivity index (χ2v) is 8.35. The maximum Gasteiger partial charge on any atom is 0.131 e. The molecule has 0 aliphatic carbocycles. The standard InChI is InChI=1S/C23H31FO2/c1-15(2)12-16-8-10-18(19-14-17(25-6)9-11-21(19)24)20(13-16)22(26-7)23(3,4)5/h8-11,13-15,22H,12H2,1-7H3. The van der Waals surface area contributed by atoms with Crippen LogP contribution in [0.25, 0.3) is 11.1 Å². The Morgan fingerprint density at radius 2 is 1.65 bits per heavy atom. The van der Waals surface area contributed by atoms with Crippen molar-refractivity contribution in [3.05, 3.63) is 53.3 Å². The minimum atomic E-state index is -0.257. The van der Waals surface area contributed by atoms with Crippen LogP contribution in [0, 0.1) is 17.2 Å². The highest BCUT2D eigenvalue weighted by Gasteiger charge is 2.29. The largest absolute Gasteiger partial charge is 0.497 e. The average molecular weight is 358 g/mol. The molecule has 1 atom stereocenters. The molecule has 2 rings (SSSR count). The first-order chi connectivity index (χ1) is 12.2. The van der Waals surface area contributed by atoms with Crippen LogP contribution in [0.3, 0.4) is 0 Å². The molecule has 0 fully saturated rings. The highest BCUT2D eigenvalue weighted by atomic mass is 19.1. The van der Waals surface area contributed by atoms with Crippen molar-refractivity contribution >= 4 is 0 Å². The fourth-order valence-electron chi connectivity index (χ4n) is 3.46. The molecule has 1 unspecified atom stereocenters. The van der Waals surface area contributed by atoms with Crippen LogP contribution in [-0.4, -0.2) is 14.2 Å². The molecule has 2 aromatic rings. The van der Waals surface area contributed by atoms with E-state index >= 15 is 0 Å². The van der Waals surface area contributed by atoms with Crippen molar-refractivity contribution in [2.75, 3.05) is 14.2 Å². The predicted molar refractivity (Wildman–Crippen MR) is 106 cm³/mol. The van der Waals surface area contributed by atoms with Crippen molar-refractivity contribution in [2.24, 2.45) is 11.3 Å². The number of rotatable bonds is 6. The van der Waals surface area contributed by atoms with Gasteiger partial charge in [0.25, 0.3) is 0 Å². The lowest BCUT2D eigenvalue weighted by Gasteiger charge is -2.32. The fourth-order valence-corrected chi connectivity index (χ4v) is 3.46. The maximum atomic E-state index is 14.6. The van der Waals surface area contributed by atoms with Crippen molar-refractivity contribution in [1.29, 1.82) is 0 Å². The van der Waals surface area contributed by atoms with Gasteiger partial charge in [0.15, 0.2) is 0 Å². The highest BCUT2D eigenvalue weighted by molar-refractivity contribution is 5.70. The third kappa shape index (κ3) is 4.64. The van der Waals surface area contributed by atoms with Gasteiger partial charge in [0.1, 0.15) is 11.6 Å². The molecule has 3 heteroatoms. The second kappa shape index (κ2) is 8.22. The van der Waals surface area contributed by atoms with Crippen molar-refractivity contribution in [3.8, 4) is 16.9 Å². The summed E-state index contributed by atoms with van der Waals surface area (Å²) in [6.07, 6.45) is 0.837. The van der Waals surface area contributed by atoms with Crippen molar-refractivity contribution in [2.45, 2.75) is 47.1 Å². The van der Waals surface area contributed by atoms with Gasteiger partial charge in [-0.3, -0.25) is 0 Å². The Morgan fingerprint density at radius 1 is 0.962 bits per heavy atom. The minimum absolute atomic E-state index is 0.116. The lowest BCUT2D eigenvalue weighted by atomic mass is 9.80. The fraction of sp³-hybridized carbons (Fsp3) is 0.478. The Bertz CT molecular complexity index is 744. The molecule has 2 nitrogen and oxygen atoms in total. The van der Waals surface area contributed by atoms with Gasteiger partial charge >= 0.3 is 0 Å². The zero-order valence-electron chi connectivity index (χ0n) is 17.0. The van der Waals surface area contributed by atoms with E-state index in [1.165, 1.54) is 11.6 Å². The molecule has 142 valence electrons. The first-order valence-corrected chi connectivity index (χ1v) is 9.17. The highest BCUT2D eigenvalue weighted by Crippen LogP contribution is 2.42. The average Bonchev–Trinajstić information content (AvgIpc) is 2.55. The third-order valence-electron chi connectivity index (χ3n) is 4.53. The van der Waals surface area contributed by atoms with Crippen LogP contribution in [0.15, 0.2) is 36.4 Å². The van der Waals surface area contributed by atoms with Crippen LogP contribution in [0.4, 0.5) is 4.39 Å². The summed E-state index contributed by atoms with van der Waals surface area (Å²) in [4.78, 5) is 0. The molecule has 0 saturated carbocycles. The van der Waals surface area contributed by atoms with Gasteiger partial charge in [-0.1, -0.05) is 52.8 Å². The van der Waals surface area contributed by atoms with Crippen LogP contribution in [0.1, 0.15) is 51.8 Å². The van der Waals surface area contributed by atoms with E-state index in [0.717, 1.165) is 17.5 Å². The van der Waals surface area contributed by atoms with E-state index in [1.807, 2.05) is 6.07 Å². The summed E-state index contributed by atoms with van der Waals surface area (Å²) >= 11 is 0. The number of ether oxygens (including phenoxy) is 2. The summed E-state index contributed by atoms with van der Waals surface area (Å²) in [6.45, 7) is 10.8. The van der Waals surface area contributed by atoms with Crippen LogP contribution >= 0.6 is 0 Å². The molecule has 0 aliphatic heterocycles. The second-order valence-electron chi connectivity index (χ2n) is 8.35. The van der Waals surface area contributed by atoms with Crippen molar-refractivity contribution < 1.29 is 13.9 Å². The third-order valence-corrected chi connectivity index (χ3v) is 4.53. The zero-order chi connectivity index (χ0) is 19.5. The Kier molecular flexibility index (Phi) is 6.46. The van der Waals surface area contributed by atoms with E-state index in [2.05, 4.69) is 46.8 Å². The summed E-state index contributed by atoms with van der Waals surface area (Å²) in [7, 11) is 3.31. The Balaban J connectivity index is 2.69. The molecule has 0 bridgehead atoms. The molecule has 0 heterocycles. The maximum absolute atomic E-state index is 14.6. The van der Waals surface area contributed by atoms with Gasteiger partial charge in [0.05, 0.1) is 13.2 Å². The van der Waals surface area contributed by atoms with Gasteiger partial charge < -0.3 is 9.47 Å². The van der Waals surface area contributed by atoms with E-state index in [0.29, 0.717) is 17.2 Å². The molecule has 0 saturated heterocycles. The summed E-state index contributed by atoms with van der Waals surface area (Å²) in [6, 6.07) is 11.1. The van der Waals surface area contributed by atoms with E-state index in [9.17, 15) is 4.39 Å². The number of hydrogen-bond donors (Lipinski definition) is 0.